The fraction of sp³-hybridized carbons (Fsp3) is 0.600. The second kappa shape index (κ2) is 6.17. The Bertz CT molecular complexity index is 500. The minimum atomic E-state index is 0.122. The van der Waals surface area contributed by atoms with Crippen molar-refractivity contribution in [2.75, 3.05) is 0 Å². The van der Waals surface area contributed by atoms with Crippen LogP contribution >= 0.6 is 15.9 Å². The molecule has 2 heterocycles. The van der Waals surface area contributed by atoms with Crippen LogP contribution in [0.4, 0.5) is 0 Å². The summed E-state index contributed by atoms with van der Waals surface area (Å²) in [4.78, 5) is 6.13. The third-order valence-corrected chi connectivity index (χ3v) is 5.69. The molecule has 0 spiro atoms. The topological polar surface area (TPSA) is 52.0 Å². The zero-order valence-electron chi connectivity index (χ0n) is 11.4. The number of halogens is 1. The molecule has 0 amide bonds. The van der Waals surface area contributed by atoms with Crippen molar-refractivity contribution in [3.05, 3.63) is 46.3 Å². The lowest BCUT2D eigenvalue weighted by atomic mass is 9.97. The van der Waals surface area contributed by atoms with Crippen molar-refractivity contribution in [3.8, 4) is 0 Å². The van der Waals surface area contributed by atoms with Gasteiger partial charge in [-0.1, -0.05) is 51.4 Å². The molecule has 2 saturated heterocycles. The maximum atomic E-state index is 8.81. The van der Waals surface area contributed by atoms with Crippen LogP contribution in [-0.4, -0.2) is 27.9 Å². The van der Waals surface area contributed by atoms with Crippen molar-refractivity contribution >= 4 is 15.9 Å². The molecule has 0 saturated carbocycles. The van der Waals surface area contributed by atoms with Crippen molar-refractivity contribution in [3.63, 3.8) is 0 Å². The van der Waals surface area contributed by atoms with Gasteiger partial charge in [0.05, 0.1) is 6.04 Å². The van der Waals surface area contributed by atoms with E-state index in [0.717, 1.165) is 25.8 Å². The van der Waals surface area contributed by atoms with E-state index >= 15 is 0 Å². The molecule has 2 aliphatic rings. The molecule has 0 aromatic heterocycles. The highest BCUT2D eigenvalue weighted by Crippen LogP contribution is 2.39. The minimum Gasteiger partial charge on any atom is -0.292 e. The Balaban J connectivity index is 1.85. The van der Waals surface area contributed by atoms with Crippen LogP contribution in [-0.2, 0) is 6.54 Å². The van der Waals surface area contributed by atoms with Gasteiger partial charge in [-0.2, -0.15) is 0 Å². The quantitative estimate of drug-likeness (QED) is 0.352. The van der Waals surface area contributed by atoms with Crippen LogP contribution in [0.2, 0.25) is 0 Å². The van der Waals surface area contributed by atoms with Crippen molar-refractivity contribution < 1.29 is 0 Å². The molecule has 0 radical (unpaired) electrons. The molecule has 2 fully saturated rings. The standard InChI is InChI=1S/C15H19BrN4/c16-12-6-7-13(18-19-17)15-9-8-14(12)20(15)10-11-4-2-1-3-5-11/h1-5,12-15H,6-10H2. The van der Waals surface area contributed by atoms with Crippen LogP contribution in [0.25, 0.3) is 10.4 Å². The highest BCUT2D eigenvalue weighted by molar-refractivity contribution is 9.09. The molecular formula is C15H19BrN4. The van der Waals surface area contributed by atoms with Crippen molar-refractivity contribution in [2.24, 2.45) is 5.11 Å². The SMILES string of the molecule is [N-]=[N+]=NC1CCC(Br)C2CCC1N2Cc1ccccc1. The summed E-state index contributed by atoms with van der Waals surface area (Å²) in [6.45, 7) is 0.954. The summed E-state index contributed by atoms with van der Waals surface area (Å²) >= 11 is 3.85. The Labute approximate surface area is 127 Å². The number of hydrogen-bond donors (Lipinski definition) is 0. The molecule has 3 rings (SSSR count). The van der Waals surface area contributed by atoms with Gasteiger partial charge in [0.15, 0.2) is 0 Å². The first-order chi connectivity index (χ1) is 9.79. The number of hydrogen-bond acceptors (Lipinski definition) is 2. The third-order valence-electron chi connectivity index (χ3n) is 4.62. The van der Waals surface area contributed by atoms with Crippen LogP contribution in [0, 0.1) is 0 Å². The first-order valence-corrected chi connectivity index (χ1v) is 8.19. The van der Waals surface area contributed by atoms with Gasteiger partial charge in [-0.15, -0.1) is 0 Å². The molecule has 5 heteroatoms. The van der Waals surface area contributed by atoms with Crippen LogP contribution in [0.3, 0.4) is 0 Å². The van der Waals surface area contributed by atoms with Crippen LogP contribution in [0.15, 0.2) is 35.4 Å². The van der Waals surface area contributed by atoms with Crippen molar-refractivity contribution in [1.82, 2.24) is 4.90 Å². The predicted octanol–water partition coefficient (Wildman–Crippen LogP) is 4.26. The predicted molar refractivity (Wildman–Crippen MR) is 83.7 cm³/mol. The van der Waals surface area contributed by atoms with Gasteiger partial charge in [0, 0.05) is 28.4 Å². The van der Waals surface area contributed by atoms with E-state index in [1.807, 2.05) is 0 Å². The molecular weight excluding hydrogens is 316 g/mol. The zero-order valence-corrected chi connectivity index (χ0v) is 13.0. The maximum Gasteiger partial charge on any atom is 0.0530 e. The average molecular weight is 335 g/mol. The molecule has 0 aliphatic carbocycles. The van der Waals surface area contributed by atoms with E-state index in [0.29, 0.717) is 16.9 Å². The Morgan fingerprint density at radius 1 is 1.15 bits per heavy atom. The molecule has 106 valence electrons. The minimum absolute atomic E-state index is 0.122. The number of alkyl halides is 1. The summed E-state index contributed by atoms with van der Waals surface area (Å²) in [5, 5.41) is 4.07. The van der Waals surface area contributed by atoms with Gasteiger partial charge in [-0.25, -0.2) is 0 Å². The zero-order chi connectivity index (χ0) is 13.9. The maximum absolute atomic E-state index is 8.81. The van der Waals surface area contributed by atoms with Gasteiger partial charge in [-0.05, 0) is 36.8 Å². The van der Waals surface area contributed by atoms with Crippen LogP contribution in [0.5, 0.6) is 0 Å². The third kappa shape index (κ3) is 2.71. The summed E-state index contributed by atoms with van der Waals surface area (Å²) in [6.07, 6.45) is 4.43. The lowest BCUT2D eigenvalue weighted by Gasteiger charge is -2.31. The molecule has 4 atom stereocenters. The molecule has 1 aromatic rings. The van der Waals surface area contributed by atoms with Gasteiger partial charge in [-0.3, -0.25) is 4.90 Å². The summed E-state index contributed by atoms with van der Waals surface area (Å²) in [5.74, 6) is 0. The van der Waals surface area contributed by atoms with Crippen LogP contribution < -0.4 is 0 Å². The highest BCUT2D eigenvalue weighted by atomic mass is 79.9. The smallest absolute Gasteiger partial charge is 0.0530 e. The molecule has 2 bridgehead atoms. The number of fused-ring (bicyclic) bond motifs is 2. The van der Waals surface area contributed by atoms with Crippen molar-refractivity contribution in [1.29, 1.82) is 0 Å². The van der Waals surface area contributed by atoms with Gasteiger partial charge >= 0.3 is 0 Å². The van der Waals surface area contributed by atoms with E-state index in [9.17, 15) is 0 Å². The van der Waals surface area contributed by atoms with E-state index in [4.69, 9.17) is 5.53 Å². The molecule has 4 unspecified atom stereocenters. The molecule has 1 aromatic carbocycles. The first-order valence-electron chi connectivity index (χ1n) is 7.27. The van der Waals surface area contributed by atoms with Gasteiger partial charge in [0.25, 0.3) is 0 Å². The van der Waals surface area contributed by atoms with Gasteiger partial charge in [0.1, 0.15) is 0 Å². The number of rotatable bonds is 3. The largest absolute Gasteiger partial charge is 0.292 e. The van der Waals surface area contributed by atoms with Gasteiger partial charge < -0.3 is 0 Å². The number of benzene rings is 1. The lowest BCUT2D eigenvalue weighted by Crippen LogP contribution is -2.41. The van der Waals surface area contributed by atoms with E-state index in [2.05, 4.69) is 61.2 Å². The summed E-state index contributed by atoms with van der Waals surface area (Å²) in [5.41, 5.74) is 10.1. The number of nitrogens with zero attached hydrogens (tertiary/aromatic N) is 4. The monoisotopic (exact) mass is 334 g/mol. The summed E-state index contributed by atoms with van der Waals surface area (Å²) in [6, 6.07) is 11.7. The average Bonchev–Trinajstić information content (AvgIpc) is 2.82. The highest BCUT2D eigenvalue weighted by Gasteiger charge is 2.43. The van der Waals surface area contributed by atoms with Crippen molar-refractivity contribution in [2.45, 2.75) is 55.2 Å². The van der Waals surface area contributed by atoms with Gasteiger partial charge in [0.2, 0.25) is 0 Å². The second-order valence-corrected chi connectivity index (χ2v) is 6.91. The van der Waals surface area contributed by atoms with E-state index in [1.165, 1.54) is 12.0 Å². The van der Waals surface area contributed by atoms with E-state index in [1.54, 1.807) is 0 Å². The molecule has 4 nitrogen and oxygen atoms in total. The molecule has 0 N–H and O–H groups in total. The fourth-order valence-corrected chi connectivity index (χ4v) is 4.50. The van der Waals surface area contributed by atoms with E-state index < -0.39 is 0 Å². The normalized spacial score (nSPS) is 33.5. The molecule has 20 heavy (non-hydrogen) atoms. The Morgan fingerprint density at radius 2 is 1.90 bits per heavy atom. The van der Waals surface area contributed by atoms with E-state index in [-0.39, 0.29) is 6.04 Å². The lowest BCUT2D eigenvalue weighted by molar-refractivity contribution is 0.177. The fourth-order valence-electron chi connectivity index (χ4n) is 3.67. The number of azide groups is 1. The Morgan fingerprint density at radius 3 is 2.65 bits per heavy atom. The Hall–Kier alpha value is -1.03. The summed E-state index contributed by atoms with van der Waals surface area (Å²) < 4.78 is 0. The molecule has 2 aliphatic heterocycles. The second-order valence-electron chi connectivity index (χ2n) is 5.74. The van der Waals surface area contributed by atoms with Crippen LogP contribution in [0.1, 0.15) is 31.2 Å². The first kappa shape index (κ1) is 13.9. The summed E-state index contributed by atoms with van der Waals surface area (Å²) in [7, 11) is 0. The Kier molecular flexibility index (Phi) is 4.29.